The van der Waals surface area contributed by atoms with Crippen molar-refractivity contribution < 1.29 is 93.5 Å². The van der Waals surface area contributed by atoms with Crippen molar-refractivity contribution in [1.29, 1.82) is 0 Å². The van der Waals surface area contributed by atoms with E-state index in [1.165, 1.54) is 14.0 Å². The van der Waals surface area contributed by atoms with Crippen LogP contribution in [0.15, 0.2) is 134 Å². The number of hydrogen-bond donors (Lipinski definition) is 10. The van der Waals surface area contributed by atoms with Crippen molar-refractivity contribution in [3.63, 3.8) is 0 Å². The van der Waals surface area contributed by atoms with Gasteiger partial charge in [0.1, 0.15) is 30.8 Å². The lowest BCUT2D eigenvalue weighted by Gasteiger charge is -2.47. The van der Waals surface area contributed by atoms with Crippen LogP contribution in [0.3, 0.4) is 0 Å². The Morgan fingerprint density at radius 2 is 1.21 bits per heavy atom. The number of alkyl carbamates (subject to hydrolysis) is 1. The van der Waals surface area contributed by atoms with Gasteiger partial charge in [-0.15, -0.1) is 0 Å². The van der Waals surface area contributed by atoms with Crippen molar-refractivity contribution >= 4 is 18.0 Å². The zero-order chi connectivity index (χ0) is 61.1. The van der Waals surface area contributed by atoms with Gasteiger partial charge in [-0.25, -0.2) is 4.79 Å². The summed E-state index contributed by atoms with van der Waals surface area (Å²) in [6.07, 6.45) is 3.43. The maximum atomic E-state index is 13.6. The molecule has 84 heavy (non-hydrogen) atoms. The van der Waals surface area contributed by atoms with E-state index in [4.69, 9.17) is 33.2 Å². The second-order valence-corrected chi connectivity index (χ2v) is 22.3. The molecule has 10 N–H and O–H groups in total. The third-order valence-corrected chi connectivity index (χ3v) is 16.1. The van der Waals surface area contributed by atoms with E-state index >= 15 is 0 Å². The van der Waals surface area contributed by atoms with Crippen molar-refractivity contribution in [2.75, 3.05) is 20.8 Å². The van der Waals surface area contributed by atoms with Gasteiger partial charge in [0, 0.05) is 50.5 Å². The molecule has 3 heterocycles. The average Bonchev–Trinajstić information content (AvgIpc) is 2.38. The predicted octanol–water partition coefficient (Wildman–Crippen LogP) is 5.03. The van der Waals surface area contributed by atoms with Crippen molar-refractivity contribution in [2.45, 2.75) is 182 Å². The molecule has 3 aliphatic heterocycles. The number of methoxy groups -OCH3 is 2. The molecule has 2 bridgehead atoms. The van der Waals surface area contributed by atoms with Crippen LogP contribution in [0.1, 0.15) is 96.1 Å². The fraction of sp³-hybridized carbons (Fsp3) is 0.547. The van der Waals surface area contributed by atoms with Crippen molar-refractivity contribution in [3.05, 3.63) is 145 Å². The molecule has 4 aliphatic rings. The molecular formula is C64H87NO19. The van der Waals surface area contributed by atoms with E-state index in [2.05, 4.69) is 5.32 Å². The summed E-state index contributed by atoms with van der Waals surface area (Å²) in [4.78, 5) is 39.8. The van der Waals surface area contributed by atoms with E-state index < -0.39 is 140 Å². The number of rotatable bonds is 7. The lowest BCUT2D eigenvalue weighted by molar-refractivity contribution is -0.317. The number of carbonyl (C=O) groups is 3. The molecule has 2 aromatic carbocycles. The number of fused-ring (bicyclic) bond motifs is 5. The van der Waals surface area contributed by atoms with Crippen LogP contribution in [-0.4, -0.2) is 182 Å². The SMILES string of the molecule is COC(=O)[C@H]1[C@@H]2C[C@@H](O[C@@H]3O[C@H](C)[C@@H](O)[C@H](NC(=O)OCC4c5ccccc5-c5ccccc54)[C@@H]3O)/C=C/C=C/C=C/C=C/C=C/C=C/C=C/[C@H](C)[C@@H](O)[C@@H](C)[C@H](C)OC(=O)C[C@H](O)C[C@H](O)CC[C@@H](O)[C@H](O)C[C@H](O)C[C@](OC)(C[C@@H]1O)O2. The molecule has 0 spiro atoms. The Kier molecular flexibility index (Phi) is 26.3. The molecule has 0 aromatic heterocycles. The van der Waals surface area contributed by atoms with Gasteiger partial charge in [-0.1, -0.05) is 147 Å². The lowest BCUT2D eigenvalue weighted by Crippen LogP contribution is -2.64. The largest absolute Gasteiger partial charge is 0.469 e. The maximum absolute atomic E-state index is 13.6. The molecular weight excluding hydrogens is 1090 g/mol. The molecule has 1 aliphatic carbocycles. The van der Waals surface area contributed by atoms with Gasteiger partial charge < -0.3 is 84.4 Å². The van der Waals surface area contributed by atoms with Crippen molar-refractivity contribution in [3.8, 4) is 11.1 Å². The number of ether oxygens (including phenoxy) is 7. The van der Waals surface area contributed by atoms with E-state index in [9.17, 15) is 60.3 Å². The van der Waals surface area contributed by atoms with E-state index in [0.29, 0.717) is 0 Å². The first kappa shape index (κ1) is 67.4. The van der Waals surface area contributed by atoms with Gasteiger partial charge in [0.25, 0.3) is 0 Å². The summed E-state index contributed by atoms with van der Waals surface area (Å²) in [7, 11) is 2.42. The summed E-state index contributed by atoms with van der Waals surface area (Å²) in [6.45, 7) is 6.74. The van der Waals surface area contributed by atoms with Crippen LogP contribution in [0.25, 0.3) is 11.1 Å². The number of esters is 2. The summed E-state index contributed by atoms with van der Waals surface area (Å²) in [5.41, 5.74) is 4.05. The third kappa shape index (κ3) is 18.9. The third-order valence-electron chi connectivity index (χ3n) is 16.1. The molecule has 2 aromatic rings. The number of aliphatic hydroxyl groups is 9. The molecule has 462 valence electrons. The Hall–Kier alpha value is -5.69. The summed E-state index contributed by atoms with van der Waals surface area (Å²) >= 11 is 0. The zero-order valence-electron chi connectivity index (χ0n) is 48.6. The number of hydrogen-bond acceptors (Lipinski definition) is 19. The summed E-state index contributed by atoms with van der Waals surface area (Å²) in [5.74, 6) is -5.73. The second-order valence-electron chi connectivity index (χ2n) is 22.3. The van der Waals surface area contributed by atoms with E-state index in [-0.39, 0.29) is 57.0 Å². The van der Waals surface area contributed by atoms with Crippen LogP contribution in [0.4, 0.5) is 4.79 Å². The highest BCUT2D eigenvalue weighted by Crippen LogP contribution is 2.45. The minimum atomic E-state index is -1.80. The molecule has 6 rings (SSSR count). The van der Waals surface area contributed by atoms with Gasteiger partial charge >= 0.3 is 18.0 Å². The molecule has 0 saturated carbocycles. The van der Waals surface area contributed by atoms with Gasteiger partial charge in [0.15, 0.2) is 12.1 Å². The van der Waals surface area contributed by atoms with Crippen LogP contribution in [0.5, 0.6) is 0 Å². The zero-order valence-corrected chi connectivity index (χ0v) is 48.6. The van der Waals surface area contributed by atoms with Gasteiger partial charge in [-0.05, 0) is 55.4 Å². The smallest absolute Gasteiger partial charge is 0.407 e. The van der Waals surface area contributed by atoms with Gasteiger partial charge in [-0.3, -0.25) is 9.59 Å². The first-order chi connectivity index (χ1) is 40.1. The molecule has 20 nitrogen and oxygen atoms in total. The Morgan fingerprint density at radius 3 is 1.81 bits per heavy atom. The number of amides is 1. The van der Waals surface area contributed by atoms with E-state index in [1.807, 2.05) is 85.8 Å². The van der Waals surface area contributed by atoms with Crippen LogP contribution in [0.2, 0.25) is 0 Å². The number of allylic oxidation sites excluding steroid dienone is 12. The Balaban J connectivity index is 1.22. The molecule has 1 amide bonds. The van der Waals surface area contributed by atoms with Gasteiger partial charge in [0.05, 0.1) is 80.6 Å². The molecule has 2 saturated heterocycles. The highest BCUT2D eigenvalue weighted by Gasteiger charge is 2.53. The minimum Gasteiger partial charge on any atom is -0.469 e. The first-order valence-corrected chi connectivity index (χ1v) is 28.9. The number of aliphatic hydroxyl groups excluding tert-OH is 9. The quantitative estimate of drug-likeness (QED) is 0.128. The fourth-order valence-electron chi connectivity index (χ4n) is 11.2. The highest BCUT2D eigenvalue weighted by atomic mass is 16.7. The normalized spacial score (nSPS) is 38.2. The minimum absolute atomic E-state index is 0.0351. The van der Waals surface area contributed by atoms with Crippen LogP contribution in [0, 0.1) is 17.8 Å². The highest BCUT2D eigenvalue weighted by molar-refractivity contribution is 5.79. The monoisotopic (exact) mass is 1170 g/mol. The maximum Gasteiger partial charge on any atom is 0.407 e. The molecule has 19 atom stereocenters. The number of cyclic esters (lactones) is 1. The van der Waals surface area contributed by atoms with Crippen LogP contribution in [-0.2, 0) is 42.7 Å². The summed E-state index contributed by atoms with van der Waals surface area (Å²) in [6, 6.07) is 14.3. The second kappa shape index (κ2) is 32.7. The summed E-state index contributed by atoms with van der Waals surface area (Å²) < 4.78 is 41.3. The molecule has 20 heteroatoms. The lowest BCUT2D eigenvalue weighted by atomic mass is 9.82. The first-order valence-electron chi connectivity index (χ1n) is 28.9. The topological polar surface area (TPSA) is 310 Å². The number of benzene rings is 2. The average molecular weight is 1170 g/mol. The van der Waals surface area contributed by atoms with E-state index in [0.717, 1.165) is 29.4 Å². The van der Waals surface area contributed by atoms with Crippen LogP contribution < -0.4 is 5.32 Å². The van der Waals surface area contributed by atoms with Gasteiger partial charge in [0.2, 0.25) is 0 Å². The van der Waals surface area contributed by atoms with Crippen molar-refractivity contribution in [1.82, 2.24) is 5.32 Å². The Morgan fingerprint density at radius 1 is 0.631 bits per heavy atom. The number of nitrogens with one attached hydrogen (secondary N) is 1. The van der Waals surface area contributed by atoms with Crippen LogP contribution >= 0.6 is 0 Å². The summed E-state index contributed by atoms with van der Waals surface area (Å²) in [5, 5.41) is 103. The van der Waals surface area contributed by atoms with Gasteiger partial charge in [-0.2, -0.15) is 0 Å². The standard InChI is InChI=1S/C64H87NO19/c1-38-23-17-15-13-11-9-7-8-10-12-14-16-18-24-45(83-62-60(75)57(59(74)41(4)82-62)65-63(77)80-37-50-48-27-21-19-25-46(48)47-26-20-22-28-49(47)50)34-54-56(61(76)78-5)53(71)36-64(79-6,84-54)35-44(68)32-52(70)51(69)30-29-42(66)31-43(67)33-55(72)81-40(3)39(2)58(38)73/h7-28,38-45,50-54,56-60,62,66-71,73-75H,29-37H2,1-6H3,(H,65,77)/b8-7+,11-9+,12-10+,15-13+,16-14+,23-17+,24-18+/t38-,39-,40-,41+,42+,43+,44-,45-,51+,52+,53-,54-,56+,57-,58+,59+,60-,62-,64+/m0/s1. The van der Waals surface area contributed by atoms with E-state index in [1.54, 1.807) is 68.5 Å². The molecule has 2 fully saturated rings. The van der Waals surface area contributed by atoms with Crippen molar-refractivity contribution in [2.24, 2.45) is 17.8 Å². The molecule has 0 radical (unpaired) electrons. The Bertz CT molecular complexity index is 2590. The molecule has 0 unspecified atom stereocenters. The fourth-order valence-corrected chi connectivity index (χ4v) is 11.2. The Labute approximate surface area is 492 Å². The number of carbonyl (C=O) groups excluding carboxylic acids is 3. The predicted molar refractivity (Wildman–Crippen MR) is 310 cm³/mol.